The number of halogens is 4. The number of imidazole rings is 1. The molecule has 0 unspecified atom stereocenters. The Morgan fingerprint density at radius 2 is 1.94 bits per heavy atom. The first-order valence-electron chi connectivity index (χ1n) is 15.1. The predicted octanol–water partition coefficient (Wildman–Crippen LogP) is 5.30. The van der Waals surface area contributed by atoms with Crippen LogP contribution in [-0.2, 0) is 9.47 Å². The Morgan fingerprint density at radius 3 is 2.62 bits per heavy atom. The highest BCUT2D eigenvalue weighted by Crippen LogP contribution is 2.40. The van der Waals surface area contributed by atoms with Gasteiger partial charge in [-0.2, -0.15) is 13.2 Å². The summed E-state index contributed by atoms with van der Waals surface area (Å²) in [6, 6.07) is 5.76. The minimum absolute atomic E-state index is 0.0209. The monoisotopic (exact) mass is 692 g/mol. The Hall–Kier alpha value is -4.36. The SMILES string of the molecule is CNC(=O)c1ccc(NCC#Cc2nc3c(N[C@@H]4C[C@H]5COC[C@@H]([C@@H]4F)N5C(=O)OC(C)(C)C)cccn3c2SC(F)(F)F)c(OC)c1. The number of nitrogens with zero attached hydrogens (tertiary/aromatic N) is 3. The number of hydrogen-bond donors (Lipinski definition) is 3. The van der Waals surface area contributed by atoms with Gasteiger partial charge >= 0.3 is 11.6 Å². The molecule has 4 atom stereocenters. The third kappa shape index (κ3) is 7.84. The number of morpholine rings is 1. The average molecular weight is 693 g/mol. The molecule has 2 aliphatic rings. The van der Waals surface area contributed by atoms with Gasteiger partial charge in [0.25, 0.3) is 5.91 Å². The van der Waals surface area contributed by atoms with Crippen LogP contribution in [0.5, 0.6) is 5.75 Å². The lowest BCUT2D eigenvalue weighted by Gasteiger charge is -2.50. The Kier molecular flexibility index (Phi) is 10.2. The largest absolute Gasteiger partial charge is 0.495 e. The number of thioether (sulfide) groups is 1. The van der Waals surface area contributed by atoms with Gasteiger partial charge in [0.1, 0.15) is 28.2 Å². The highest BCUT2D eigenvalue weighted by atomic mass is 32.2. The summed E-state index contributed by atoms with van der Waals surface area (Å²) in [5.41, 5.74) is -4.15. The van der Waals surface area contributed by atoms with Gasteiger partial charge in [-0.25, -0.2) is 14.2 Å². The third-order valence-corrected chi connectivity index (χ3v) is 8.47. The Morgan fingerprint density at radius 1 is 1.17 bits per heavy atom. The summed E-state index contributed by atoms with van der Waals surface area (Å²) < 4.78 is 74.8. The van der Waals surface area contributed by atoms with Gasteiger partial charge in [0.2, 0.25) is 0 Å². The van der Waals surface area contributed by atoms with E-state index in [2.05, 4.69) is 32.8 Å². The van der Waals surface area contributed by atoms with E-state index in [1.54, 1.807) is 45.0 Å². The van der Waals surface area contributed by atoms with E-state index in [1.807, 2.05) is 0 Å². The number of anilines is 2. The molecule has 2 amide bonds. The summed E-state index contributed by atoms with van der Waals surface area (Å²) in [7, 11) is 2.95. The first kappa shape index (κ1) is 35.0. The molecule has 258 valence electrons. The molecule has 3 N–H and O–H groups in total. The Labute approximate surface area is 279 Å². The van der Waals surface area contributed by atoms with Crippen molar-refractivity contribution in [2.75, 3.05) is 44.5 Å². The van der Waals surface area contributed by atoms with Crippen LogP contribution < -0.4 is 20.7 Å². The second-order valence-electron chi connectivity index (χ2n) is 12.2. The summed E-state index contributed by atoms with van der Waals surface area (Å²) in [5, 5.41) is 8.47. The van der Waals surface area contributed by atoms with Crippen molar-refractivity contribution in [3.63, 3.8) is 0 Å². The smallest absolute Gasteiger partial charge is 0.447 e. The number of alkyl halides is 4. The van der Waals surface area contributed by atoms with Crippen LogP contribution in [0.25, 0.3) is 5.65 Å². The van der Waals surface area contributed by atoms with Crippen LogP contribution >= 0.6 is 11.8 Å². The van der Waals surface area contributed by atoms with Gasteiger partial charge in [0.15, 0.2) is 5.65 Å². The summed E-state index contributed by atoms with van der Waals surface area (Å²) in [6.45, 7) is 5.39. The van der Waals surface area contributed by atoms with E-state index in [0.29, 0.717) is 22.7 Å². The summed E-state index contributed by atoms with van der Waals surface area (Å²) >= 11 is -0.350. The number of piperidine rings is 1. The fourth-order valence-corrected chi connectivity index (χ4v) is 6.31. The topological polar surface area (TPSA) is 118 Å². The number of rotatable bonds is 7. The van der Waals surface area contributed by atoms with Gasteiger partial charge in [-0.05, 0) is 63.4 Å². The van der Waals surface area contributed by atoms with Crippen molar-refractivity contribution in [3.05, 3.63) is 47.8 Å². The molecule has 11 nitrogen and oxygen atoms in total. The molecule has 16 heteroatoms. The van der Waals surface area contributed by atoms with Gasteiger partial charge in [-0.15, -0.1) is 0 Å². The van der Waals surface area contributed by atoms with E-state index in [1.165, 1.54) is 35.7 Å². The van der Waals surface area contributed by atoms with E-state index >= 15 is 4.39 Å². The maximum Gasteiger partial charge on any atom is 0.447 e. The number of carbonyl (C=O) groups excluding carboxylic acids is 2. The molecule has 0 aliphatic carbocycles. The van der Waals surface area contributed by atoms with Crippen molar-refractivity contribution < 1.29 is 41.4 Å². The van der Waals surface area contributed by atoms with E-state index in [0.717, 1.165) is 0 Å². The zero-order valence-corrected chi connectivity index (χ0v) is 27.7. The number of aromatic nitrogens is 2. The van der Waals surface area contributed by atoms with Crippen molar-refractivity contribution in [1.82, 2.24) is 19.6 Å². The van der Waals surface area contributed by atoms with Crippen molar-refractivity contribution in [2.24, 2.45) is 0 Å². The second kappa shape index (κ2) is 14.0. The molecular formula is C32H36F4N6O5S. The van der Waals surface area contributed by atoms with Gasteiger partial charge in [-0.1, -0.05) is 5.92 Å². The van der Waals surface area contributed by atoms with Crippen LogP contribution in [0, 0.1) is 11.8 Å². The molecule has 2 aromatic heterocycles. The van der Waals surface area contributed by atoms with Crippen LogP contribution in [0.2, 0.25) is 0 Å². The van der Waals surface area contributed by atoms with Crippen LogP contribution in [0.3, 0.4) is 0 Å². The molecular weight excluding hydrogens is 656 g/mol. The van der Waals surface area contributed by atoms with Gasteiger partial charge in [0, 0.05) is 30.6 Å². The molecule has 0 radical (unpaired) electrons. The van der Waals surface area contributed by atoms with Crippen LogP contribution in [0.4, 0.5) is 33.7 Å². The minimum Gasteiger partial charge on any atom is -0.495 e. The van der Waals surface area contributed by atoms with Crippen molar-refractivity contribution in [2.45, 2.75) is 67.6 Å². The molecule has 2 saturated heterocycles. The van der Waals surface area contributed by atoms with E-state index < -0.39 is 41.5 Å². The molecule has 2 aliphatic heterocycles. The lowest BCUT2D eigenvalue weighted by molar-refractivity contribution is -0.105. The minimum atomic E-state index is -4.63. The number of methoxy groups -OCH3 is 1. The molecule has 2 bridgehead atoms. The molecule has 2 fully saturated rings. The molecule has 1 aromatic carbocycles. The fourth-order valence-electron chi connectivity index (χ4n) is 5.65. The van der Waals surface area contributed by atoms with Gasteiger partial charge in [-0.3, -0.25) is 14.1 Å². The molecule has 0 saturated carbocycles. The zero-order valence-electron chi connectivity index (χ0n) is 26.9. The standard InChI is InChI=1S/C32H36F4N6O5S/c1-31(2,3)47-30(44)42-19-15-23(26(33)24(42)17-46-16-19)39-21-9-7-13-41-27(21)40-22(29(41)48-32(34,35)36)8-6-12-38-20-11-10-18(28(43)37-4)14-25(20)45-5/h7,9-11,13-14,19,23-24,26,38-39H,12,15-17H2,1-5H3,(H,37,43)/t19-,23+,24-,26+/m0/s1. The zero-order chi connectivity index (χ0) is 34.8. The molecule has 4 heterocycles. The molecule has 0 spiro atoms. The lowest BCUT2D eigenvalue weighted by atomic mass is 9.88. The molecule has 3 aromatic rings. The number of hydrogen-bond acceptors (Lipinski definition) is 9. The molecule has 48 heavy (non-hydrogen) atoms. The third-order valence-electron chi connectivity index (χ3n) is 7.66. The number of benzene rings is 1. The Bertz CT molecular complexity index is 1730. The van der Waals surface area contributed by atoms with E-state index in [-0.39, 0.29) is 60.2 Å². The average Bonchev–Trinajstić information content (AvgIpc) is 3.36. The van der Waals surface area contributed by atoms with Crippen LogP contribution in [0.15, 0.2) is 41.6 Å². The van der Waals surface area contributed by atoms with E-state index in [9.17, 15) is 22.8 Å². The quantitative estimate of drug-likeness (QED) is 0.172. The number of nitrogens with one attached hydrogen (secondary N) is 3. The predicted molar refractivity (Wildman–Crippen MR) is 172 cm³/mol. The first-order valence-corrected chi connectivity index (χ1v) is 15.9. The summed E-state index contributed by atoms with van der Waals surface area (Å²) in [6.07, 6.45) is -0.580. The van der Waals surface area contributed by atoms with Gasteiger partial charge < -0.3 is 30.2 Å². The maximum absolute atomic E-state index is 16.0. The number of ether oxygens (including phenoxy) is 3. The van der Waals surface area contributed by atoms with Crippen molar-refractivity contribution in [3.8, 4) is 17.6 Å². The number of pyridine rings is 1. The highest BCUT2D eigenvalue weighted by molar-refractivity contribution is 8.00. The number of carbonyl (C=O) groups is 2. The number of fused-ring (bicyclic) bond motifs is 3. The lowest BCUT2D eigenvalue weighted by Crippen LogP contribution is -2.67. The summed E-state index contributed by atoms with van der Waals surface area (Å²) in [5.74, 6) is 5.63. The Balaban J connectivity index is 1.39. The maximum atomic E-state index is 16.0. The van der Waals surface area contributed by atoms with E-state index in [4.69, 9.17) is 14.2 Å². The second-order valence-corrected chi connectivity index (χ2v) is 13.2. The van der Waals surface area contributed by atoms with Gasteiger partial charge in [0.05, 0.1) is 56.4 Å². The number of amides is 2. The van der Waals surface area contributed by atoms with Crippen LogP contribution in [0.1, 0.15) is 43.2 Å². The fraction of sp³-hybridized carbons (Fsp3) is 0.469. The molecule has 5 rings (SSSR count). The van der Waals surface area contributed by atoms with Crippen molar-refractivity contribution >= 4 is 40.8 Å². The summed E-state index contributed by atoms with van der Waals surface area (Å²) in [4.78, 5) is 30.7. The first-order chi connectivity index (χ1) is 22.7. The van der Waals surface area contributed by atoms with Crippen LogP contribution in [-0.4, -0.2) is 95.6 Å². The highest BCUT2D eigenvalue weighted by Gasteiger charge is 2.49. The van der Waals surface area contributed by atoms with Crippen molar-refractivity contribution in [1.29, 1.82) is 0 Å². The normalized spacial score (nSPS) is 20.8.